The number of hydrogen-bond donors (Lipinski definition) is 0. The average molecular weight is 392 g/mol. The van der Waals surface area contributed by atoms with Gasteiger partial charge in [0, 0.05) is 0 Å². The third kappa shape index (κ3) is 30.8. The molecule has 0 radical (unpaired) electrons. The van der Waals surface area contributed by atoms with Crippen LogP contribution in [0.2, 0.25) is 0 Å². The second-order valence-electron chi connectivity index (χ2n) is 6.22. The summed E-state index contributed by atoms with van der Waals surface area (Å²) in [5.41, 5.74) is 0. The predicted octanol–water partition coefficient (Wildman–Crippen LogP) is -1.12. The van der Waals surface area contributed by atoms with Crippen LogP contribution < -0.4 is 68.9 Å². The first-order chi connectivity index (χ1) is 11.1. The zero-order valence-electron chi connectivity index (χ0n) is 16.8. The van der Waals surface area contributed by atoms with Crippen molar-refractivity contribution in [3.8, 4) is 0 Å². The first-order valence-electron chi connectivity index (χ1n) is 9.38. The molecule has 0 saturated carbocycles. The van der Waals surface area contributed by atoms with Crippen molar-refractivity contribution >= 4 is 7.82 Å². The number of hydrogen-bond acceptors (Lipinski definition) is 4. The summed E-state index contributed by atoms with van der Waals surface area (Å²) in [6, 6.07) is 0. The largest absolute Gasteiger partial charge is 1.00 e. The molecule has 0 aliphatic heterocycles. The van der Waals surface area contributed by atoms with Crippen molar-refractivity contribution in [1.82, 2.24) is 0 Å². The smallest absolute Gasteiger partial charge is 0.790 e. The molecule has 0 aromatic heterocycles. The second-order valence-corrected chi connectivity index (χ2v) is 7.37. The molecule has 0 fully saturated rings. The zero-order chi connectivity index (χ0) is 17.2. The normalized spacial score (nSPS) is 11.3. The fourth-order valence-electron chi connectivity index (χ4n) is 2.53. The Morgan fingerprint density at radius 2 is 1.12 bits per heavy atom. The molecule has 0 rings (SSSR count). The predicted molar refractivity (Wildman–Crippen MR) is 93.0 cm³/mol. The Balaban J connectivity index is -0.00000242. The maximum Gasteiger partial charge on any atom is 1.00 e. The fraction of sp³-hybridized carbons (Fsp3) is 0.889. The molecule has 7 heteroatoms. The summed E-state index contributed by atoms with van der Waals surface area (Å²) in [6.07, 6.45) is 21.4. The van der Waals surface area contributed by atoms with Crippen LogP contribution >= 0.6 is 7.82 Å². The van der Waals surface area contributed by atoms with Crippen molar-refractivity contribution in [3.63, 3.8) is 0 Å². The first kappa shape index (κ1) is 31.5. The minimum atomic E-state index is -4.76. The number of phosphoric ester groups is 1. The van der Waals surface area contributed by atoms with E-state index in [4.69, 9.17) is 0 Å². The van der Waals surface area contributed by atoms with Crippen LogP contribution in [-0.2, 0) is 9.09 Å². The van der Waals surface area contributed by atoms with Gasteiger partial charge in [-0.25, -0.2) is 0 Å². The fourth-order valence-corrected chi connectivity index (χ4v) is 2.88. The van der Waals surface area contributed by atoms with Gasteiger partial charge in [-0.05, 0) is 32.1 Å². The van der Waals surface area contributed by atoms with Crippen molar-refractivity contribution in [1.29, 1.82) is 0 Å². The van der Waals surface area contributed by atoms with Crippen LogP contribution in [-0.4, -0.2) is 6.61 Å². The van der Waals surface area contributed by atoms with Gasteiger partial charge in [-0.15, -0.1) is 0 Å². The Morgan fingerprint density at radius 3 is 1.56 bits per heavy atom. The van der Waals surface area contributed by atoms with Gasteiger partial charge in [-0.1, -0.05) is 76.9 Å². The average Bonchev–Trinajstić information content (AvgIpc) is 2.49. The van der Waals surface area contributed by atoms with Gasteiger partial charge in [0.25, 0.3) is 0 Å². The molecule has 0 atom stereocenters. The van der Waals surface area contributed by atoms with Crippen LogP contribution in [0.3, 0.4) is 0 Å². The molecule has 0 aromatic carbocycles. The quantitative estimate of drug-likeness (QED) is 0.136. The van der Waals surface area contributed by atoms with Gasteiger partial charge in [-0.2, -0.15) is 0 Å². The zero-order valence-corrected chi connectivity index (χ0v) is 21.7. The van der Waals surface area contributed by atoms with Gasteiger partial charge in [0.15, 0.2) is 0 Å². The molecule has 138 valence electrons. The van der Waals surface area contributed by atoms with E-state index in [1.165, 1.54) is 57.8 Å². The topological polar surface area (TPSA) is 72.4 Å². The summed E-state index contributed by atoms with van der Waals surface area (Å²) in [4.78, 5) is 20.5. The third-order valence-corrected chi connectivity index (χ3v) is 4.40. The Bertz CT molecular complexity index is 322. The van der Waals surface area contributed by atoms with E-state index < -0.39 is 7.82 Å². The SMILES string of the molecule is CCCCCCCC/C=C/CCCCCCCCOP(=O)([O-])[O-].[Na+].[Na+]. The van der Waals surface area contributed by atoms with E-state index in [9.17, 15) is 14.4 Å². The van der Waals surface area contributed by atoms with E-state index in [1.54, 1.807) is 0 Å². The molecule has 0 amide bonds. The van der Waals surface area contributed by atoms with Gasteiger partial charge >= 0.3 is 59.1 Å². The number of allylic oxidation sites excluding steroid dienone is 2. The van der Waals surface area contributed by atoms with E-state index in [2.05, 4.69) is 23.6 Å². The Hall–Kier alpha value is 1.85. The minimum Gasteiger partial charge on any atom is -0.790 e. The molecule has 0 bridgehead atoms. The van der Waals surface area contributed by atoms with Crippen LogP contribution in [0.1, 0.15) is 96.8 Å². The Labute approximate surface area is 199 Å². The first-order valence-corrected chi connectivity index (χ1v) is 10.8. The van der Waals surface area contributed by atoms with Gasteiger partial charge in [0.2, 0.25) is 0 Å². The molecular formula is C18H35Na2O4P. The summed E-state index contributed by atoms with van der Waals surface area (Å²) in [5.74, 6) is 0. The van der Waals surface area contributed by atoms with Crippen LogP contribution in [0.5, 0.6) is 0 Å². The Morgan fingerprint density at radius 1 is 0.720 bits per heavy atom. The summed E-state index contributed by atoms with van der Waals surface area (Å²) in [6.45, 7) is 2.28. The molecule has 25 heavy (non-hydrogen) atoms. The summed E-state index contributed by atoms with van der Waals surface area (Å²) >= 11 is 0. The van der Waals surface area contributed by atoms with Crippen LogP contribution in [0.4, 0.5) is 0 Å². The van der Waals surface area contributed by atoms with E-state index in [-0.39, 0.29) is 65.7 Å². The molecule has 0 aliphatic rings. The Kier molecular flexibility index (Phi) is 30.1. The van der Waals surface area contributed by atoms with Crippen molar-refractivity contribution in [2.24, 2.45) is 0 Å². The van der Waals surface area contributed by atoms with Crippen LogP contribution in [0, 0.1) is 0 Å². The van der Waals surface area contributed by atoms with Crippen molar-refractivity contribution in [3.05, 3.63) is 12.2 Å². The van der Waals surface area contributed by atoms with Crippen LogP contribution in [0.15, 0.2) is 12.2 Å². The standard InChI is InChI=1S/C18H37O4P.2Na/c1-2-3-4-5-6-7-8-9-10-11-12-13-14-15-16-17-18-22-23(19,20)21;;/h9-10H,2-8,11-18H2,1H3,(H2,19,20,21);;/q;2*+1/p-2/b10-9+;;. The maximum atomic E-state index is 10.2. The van der Waals surface area contributed by atoms with Gasteiger partial charge in [0.1, 0.15) is 0 Å². The molecule has 4 nitrogen and oxygen atoms in total. The van der Waals surface area contributed by atoms with Gasteiger partial charge in [-0.3, -0.25) is 0 Å². The molecule has 0 spiro atoms. The number of phosphoric acid groups is 1. The maximum absolute atomic E-state index is 10.2. The van der Waals surface area contributed by atoms with Crippen molar-refractivity contribution in [2.75, 3.05) is 6.61 Å². The van der Waals surface area contributed by atoms with Crippen molar-refractivity contribution < 1.29 is 78.0 Å². The van der Waals surface area contributed by atoms with Crippen molar-refractivity contribution in [2.45, 2.75) is 96.8 Å². The number of rotatable bonds is 17. The molecule has 0 aliphatic carbocycles. The minimum absolute atomic E-state index is 0. The third-order valence-electron chi connectivity index (χ3n) is 3.91. The molecule has 0 unspecified atom stereocenters. The summed E-state index contributed by atoms with van der Waals surface area (Å²) in [7, 11) is -4.76. The molecule has 0 N–H and O–H groups in total. The number of unbranched alkanes of at least 4 members (excludes halogenated alkanes) is 12. The second kappa shape index (κ2) is 23.9. The van der Waals surface area contributed by atoms with E-state index in [0.29, 0.717) is 6.42 Å². The monoisotopic (exact) mass is 392 g/mol. The summed E-state index contributed by atoms with van der Waals surface area (Å²) < 4.78 is 14.4. The van der Waals surface area contributed by atoms with E-state index >= 15 is 0 Å². The molecular weight excluding hydrogens is 357 g/mol. The molecule has 0 aromatic rings. The molecule has 0 heterocycles. The van der Waals surface area contributed by atoms with Gasteiger partial charge in [0.05, 0.1) is 14.4 Å². The van der Waals surface area contributed by atoms with E-state index in [0.717, 1.165) is 25.7 Å². The van der Waals surface area contributed by atoms with Crippen LogP contribution in [0.25, 0.3) is 0 Å². The molecule has 0 saturated heterocycles. The van der Waals surface area contributed by atoms with E-state index in [1.807, 2.05) is 0 Å². The summed E-state index contributed by atoms with van der Waals surface area (Å²) in [5, 5.41) is 0. The van der Waals surface area contributed by atoms with Gasteiger partial charge < -0.3 is 18.9 Å².